The van der Waals surface area contributed by atoms with Crippen molar-refractivity contribution in [3.8, 4) is 0 Å². The van der Waals surface area contributed by atoms with E-state index in [4.69, 9.17) is 28.9 Å². The molecule has 1 nitrogen and oxygen atoms in total. The molecule has 1 atom stereocenters. The Hall–Kier alpha value is 0.0300. The van der Waals surface area contributed by atoms with Crippen molar-refractivity contribution in [3.05, 3.63) is 20.3 Å². The number of thiophene rings is 1. The summed E-state index contributed by atoms with van der Waals surface area (Å²) in [5.74, 6) is 0. The molecule has 0 saturated heterocycles. The minimum atomic E-state index is -4.49. The summed E-state index contributed by atoms with van der Waals surface area (Å²) in [5, 5.41) is 0. The number of hydrogen-bond acceptors (Lipinski definition) is 2. The third kappa shape index (κ3) is 2.49. The van der Waals surface area contributed by atoms with Crippen molar-refractivity contribution in [1.82, 2.24) is 0 Å². The van der Waals surface area contributed by atoms with Crippen molar-refractivity contribution in [1.29, 1.82) is 0 Å². The first-order valence-electron chi connectivity index (χ1n) is 3.09. The molecular weight excluding hydrogens is 246 g/mol. The fourth-order valence-corrected chi connectivity index (χ4v) is 2.29. The van der Waals surface area contributed by atoms with Gasteiger partial charge in [0, 0.05) is 5.56 Å². The highest BCUT2D eigenvalue weighted by atomic mass is 35.5. The SMILES string of the molecule is NC(c1cc(Cl)sc1Cl)C(F)(F)F. The van der Waals surface area contributed by atoms with Crippen LogP contribution in [0.15, 0.2) is 6.07 Å². The molecule has 7 heteroatoms. The molecule has 0 fully saturated rings. The molecule has 1 unspecified atom stereocenters. The minimum Gasteiger partial charge on any atom is -0.316 e. The lowest BCUT2D eigenvalue weighted by Crippen LogP contribution is -2.28. The molecule has 0 saturated carbocycles. The summed E-state index contributed by atoms with van der Waals surface area (Å²) >= 11 is 11.8. The van der Waals surface area contributed by atoms with Gasteiger partial charge in [0.15, 0.2) is 0 Å². The van der Waals surface area contributed by atoms with Crippen LogP contribution in [0, 0.1) is 0 Å². The molecule has 0 spiro atoms. The van der Waals surface area contributed by atoms with Gasteiger partial charge < -0.3 is 5.73 Å². The quantitative estimate of drug-likeness (QED) is 0.809. The van der Waals surface area contributed by atoms with E-state index in [1.165, 1.54) is 0 Å². The molecule has 13 heavy (non-hydrogen) atoms. The van der Waals surface area contributed by atoms with Gasteiger partial charge in [-0.1, -0.05) is 23.2 Å². The molecule has 2 N–H and O–H groups in total. The highest BCUT2D eigenvalue weighted by Crippen LogP contribution is 2.40. The van der Waals surface area contributed by atoms with Crippen LogP contribution in [0.3, 0.4) is 0 Å². The van der Waals surface area contributed by atoms with E-state index in [2.05, 4.69) is 0 Å². The number of rotatable bonds is 1. The van der Waals surface area contributed by atoms with Crippen LogP contribution >= 0.6 is 34.5 Å². The second-order valence-corrected chi connectivity index (χ2v) is 4.58. The summed E-state index contributed by atoms with van der Waals surface area (Å²) in [6.07, 6.45) is -4.49. The smallest absolute Gasteiger partial charge is 0.316 e. The highest BCUT2D eigenvalue weighted by Gasteiger charge is 2.39. The third-order valence-corrected chi connectivity index (χ3v) is 2.89. The van der Waals surface area contributed by atoms with E-state index in [0.717, 1.165) is 17.4 Å². The molecule has 1 heterocycles. The van der Waals surface area contributed by atoms with Crippen LogP contribution in [0.5, 0.6) is 0 Å². The Morgan fingerprint density at radius 1 is 1.38 bits per heavy atom. The molecule has 0 bridgehead atoms. The molecule has 0 aliphatic rings. The minimum absolute atomic E-state index is 0.0187. The maximum absolute atomic E-state index is 12.1. The number of alkyl halides is 3. The lowest BCUT2D eigenvalue weighted by atomic mass is 10.1. The molecule has 0 amide bonds. The maximum Gasteiger partial charge on any atom is 0.407 e. The van der Waals surface area contributed by atoms with Crippen molar-refractivity contribution in [3.63, 3.8) is 0 Å². The summed E-state index contributed by atoms with van der Waals surface area (Å²) in [7, 11) is 0. The van der Waals surface area contributed by atoms with Crippen LogP contribution < -0.4 is 5.73 Å². The van der Waals surface area contributed by atoms with E-state index in [9.17, 15) is 13.2 Å². The van der Waals surface area contributed by atoms with E-state index in [0.29, 0.717) is 0 Å². The normalized spacial score (nSPS) is 14.6. The highest BCUT2D eigenvalue weighted by molar-refractivity contribution is 7.20. The van der Waals surface area contributed by atoms with E-state index < -0.39 is 12.2 Å². The Kier molecular flexibility index (Phi) is 3.12. The summed E-state index contributed by atoms with van der Waals surface area (Å²) < 4.78 is 36.5. The van der Waals surface area contributed by atoms with Gasteiger partial charge in [-0.05, 0) is 6.07 Å². The molecule has 1 aromatic rings. The maximum atomic E-state index is 12.1. The van der Waals surface area contributed by atoms with Gasteiger partial charge in [0.25, 0.3) is 0 Å². The fourth-order valence-electron chi connectivity index (χ4n) is 0.741. The predicted octanol–water partition coefficient (Wildman–Crippen LogP) is 3.62. The number of hydrogen-bond donors (Lipinski definition) is 1. The molecule has 0 radical (unpaired) electrons. The van der Waals surface area contributed by atoms with E-state index in [1.54, 1.807) is 0 Å². The monoisotopic (exact) mass is 249 g/mol. The van der Waals surface area contributed by atoms with Gasteiger partial charge in [-0.2, -0.15) is 13.2 Å². The van der Waals surface area contributed by atoms with Crippen LogP contribution in [0.2, 0.25) is 8.67 Å². The van der Waals surface area contributed by atoms with Gasteiger partial charge in [0.1, 0.15) is 6.04 Å². The van der Waals surface area contributed by atoms with Gasteiger partial charge in [-0.15, -0.1) is 11.3 Å². The first kappa shape index (κ1) is 11.1. The molecule has 0 aliphatic carbocycles. The summed E-state index contributed by atoms with van der Waals surface area (Å²) in [4.78, 5) is 0. The van der Waals surface area contributed by atoms with Crippen molar-refractivity contribution in [2.75, 3.05) is 0 Å². The first-order chi connectivity index (χ1) is 5.82. The standard InChI is InChI=1S/C6H4Cl2F3NS/c7-3-1-2(5(8)13-3)4(12)6(9,10)11/h1,4H,12H2. The topological polar surface area (TPSA) is 26.0 Å². The number of nitrogens with two attached hydrogens (primary N) is 1. The summed E-state index contributed by atoms with van der Waals surface area (Å²) in [6.45, 7) is 0. The second kappa shape index (κ2) is 3.65. The van der Waals surface area contributed by atoms with Gasteiger partial charge >= 0.3 is 6.18 Å². The van der Waals surface area contributed by atoms with Crippen LogP contribution in [0.4, 0.5) is 13.2 Å². The van der Waals surface area contributed by atoms with Crippen LogP contribution in [-0.4, -0.2) is 6.18 Å². The average Bonchev–Trinajstić information content (AvgIpc) is 2.26. The lowest BCUT2D eigenvalue weighted by molar-refractivity contribution is -0.149. The zero-order valence-electron chi connectivity index (χ0n) is 6.03. The van der Waals surface area contributed by atoms with Crippen LogP contribution in [-0.2, 0) is 0 Å². The Bertz CT molecular complexity index is 309. The molecule has 1 rings (SSSR count). The predicted molar refractivity (Wildman–Crippen MR) is 47.3 cm³/mol. The van der Waals surface area contributed by atoms with Crippen LogP contribution in [0.1, 0.15) is 11.6 Å². The van der Waals surface area contributed by atoms with Crippen molar-refractivity contribution in [2.24, 2.45) is 5.73 Å². The Balaban J connectivity index is 3.01. The van der Waals surface area contributed by atoms with Crippen molar-refractivity contribution < 1.29 is 13.2 Å². The molecule has 0 aromatic carbocycles. The van der Waals surface area contributed by atoms with E-state index in [1.807, 2.05) is 0 Å². The third-order valence-electron chi connectivity index (χ3n) is 1.37. The van der Waals surface area contributed by atoms with Gasteiger partial charge in [0.2, 0.25) is 0 Å². The second-order valence-electron chi connectivity index (χ2n) is 2.30. The van der Waals surface area contributed by atoms with Gasteiger partial charge in [-0.3, -0.25) is 0 Å². The molecule has 0 aliphatic heterocycles. The van der Waals surface area contributed by atoms with Crippen molar-refractivity contribution in [2.45, 2.75) is 12.2 Å². The largest absolute Gasteiger partial charge is 0.407 e. The Morgan fingerprint density at radius 2 is 1.92 bits per heavy atom. The average molecular weight is 250 g/mol. The summed E-state index contributed by atoms with van der Waals surface area (Å²) in [6, 6.07) is -0.934. The Labute approximate surface area is 86.2 Å². The molecular formula is C6H4Cl2F3NS. The van der Waals surface area contributed by atoms with E-state index >= 15 is 0 Å². The Morgan fingerprint density at radius 3 is 2.23 bits per heavy atom. The zero-order chi connectivity index (χ0) is 10.2. The summed E-state index contributed by atoms with van der Waals surface area (Å²) in [5.41, 5.74) is 4.75. The molecule has 74 valence electrons. The lowest BCUT2D eigenvalue weighted by Gasteiger charge is -2.14. The van der Waals surface area contributed by atoms with Gasteiger partial charge in [0.05, 0.1) is 8.67 Å². The van der Waals surface area contributed by atoms with E-state index in [-0.39, 0.29) is 14.2 Å². The van der Waals surface area contributed by atoms with Crippen LogP contribution in [0.25, 0.3) is 0 Å². The number of halogens is 5. The zero-order valence-corrected chi connectivity index (χ0v) is 8.36. The van der Waals surface area contributed by atoms with Crippen molar-refractivity contribution >= 4 is 34.5 Å². The molecule has 1 aromatic heterocycles. The fraction of sp³-hybridized carbons (Fsp3) is 0.333. The van der Waals surface area contributed by atoms with Gasteiger partial charge in [-0.25, -0.2) is 0 Å². The first-order valence-corrected chi connectivity index (χ1v) is 4.66.